The molecule has 90 valence electrons. The summed E-state index contributed by atoms with van der Waals surface area (Å²) in [6.45, 7) is 5.57. The molecule has 1 aromatic carbocycles. The van der Waals surface area contributed by atoms with E-state index in [9.17, 15) is 8.42 Å². The first-order chi connectivity index (χ1) is 7.35. The van der Waals surface area contributed by atoms with Crippen LogP contribution in [0.2, 0.25) is 0 Å². The molecule has 0 bridgehead atoms. The molecule has 1 rings (SSSR count). The normalized spacial score (nSPS) is 13.8. The van der Waals surface area contributed by atoms with E-state index in [0.29, 0.717) is 0 Å². The molecule has 16 heavy (non-hydrogen) atoms. The molecule has 2 N–H and O–H groups in total. The average Bonchev–Trinajstić information content (AvgIpc) is 2.21. The van der Waals surface area contributed by atoms with E-state index in [1.807, 2.05) is 32.0 Å². The molecule has 0 radical (unpaired) electrons. The number of sulfone groups is 1. The highest BCUT2D eigenvalue weighted by molar-refractivity contribution is 7.91. The van der Waals surface area contributed by atoms with Crippen molar-refractivity contribution in [1.29, 1.82) is 0 Å². The van der Waals surface area contributed by atoms with Gasteiger partial charge in [0.2, 0.25) is 0 Å². The lowest BCUT2D eigenvalue weighted by molar-refractivity contribution is 0.590. The Morgan fingerprint density at radius 1 is 1.31 bits per heavy atom. The Bertz CT molecular complexity index is 466. The van der Waals surface area contributed by atoms with Gasteiger partial charge in [-0.3, -0.25) is 0 Å². The van der Waals surface area contributed by atoms with E-state index in [0.717, 1.165) is 16.7 Å². The smallest absolute Gasteiger partial charge is 0.151 e. The van der Waals surface area contributed by atoms with Crippen LogP contribution in [0.4, 0.5) is 0 Å². The summed E-state index contributed by atoms with van der Waals surface area (Å²) in [5.74, 6) is 0.166. The van der Waals surface area contributed by atoms with E-state index < -0.39 is 15.9 Å². The number of hydrogen-bond donors (Lipinski definition) is 1. The minimum atomic E-state index is -3.02. The van der Waals surface area contributed by atoms with E-state index in [-0.39, 0.29) is 11.5 Å². The summed E-state index contributed by atoms with van der Waals surface area (Å²) < 4.78 is 23.0. The third kappa shape index (κ3) is 3.32. The molecule has 0 heterocycles. The van der Waals surface area contributed by atoms with Gasteiger partial charge in [-0.25, -0.2) is 8.42 Å². The fourth-order valence-electron chi connectivity index (χ4n) is 1.64. The summed E-state index contributed by atoms with van der Waals surface area (Å²) in [7, 11) is -3.02. The zero-order valence-electron chi connectivity index (χ0n) is 10.0. The molecular formula is C12H19NO2S. The van der Waals surface area contributed by atoms with E-state index >= 15 is 0 Å². The number of aryl methyl sites for hydroxylation is 2. The second kappa shape index (κ2) is 4.97. The van der Waals surface area contributed by atoms with Gasteiger partial charge < -0.3 is 5.73 Å². The SMILES string of the molecule is CCS(=O)(=O)CC(N)c1cc(C)ccc1C. The summed E-state index contributed by atoms with van der Waals surface area (Å²) >= 11 is 0. The summed E-state index contributed by atoms with van der Waals surface area (Å²) in [4.78, 5) is 0. The van der Waals surface area contributed by atoms with Crippen molar-refractivity contribution in [3.63, 3.8) is 0 Å². The van der Waals surface area contributed by atoms with Crippen molar-refractivity contribution in [2.45, 2.75) is 26.8 Å². The molecule has 1 aromatic rings. The molecule has 0 aliphatic heterocycles. The number of rotatable bonds is 4. The Morgan fingerprint density at radius 2 is 1.94 bits per heavy atom. The molecule has 4 heteroatoms. The van der Waals surface area contributed by atoms with Gasteiger partial charge in [-0.1, -0.05) is 30.7 Å². The van der Waals surface area contributed by atoms with Crippen molar-refractivity contribution in [2.24, 2.45) is 5.73 Å². The Labute approximate surface area is 97.6 Å². The van der Waals surface area contributed by atoms with Gasteiger partial charge in [0.15, 0.2) is 9.84 Å². The Balaban J connectivity index is 2.97. The Kier molecular flexibility index (Phi) is 4.10. The lowest BCUT2D eigenvalue weighted by Gasteiger charge is -2.15. The summed E-state index contributed by atoms with van der Waals surface area (Å²) in [5, 5.41) is 0. The van der Waals surface area contributed by atoms with Crippen molar-refractivity contribution in [3.8, 4) is 0 Å². The number of nitrogens with two attached hydrogens (primary N) is 1. The van der Waals surface area contributed by atoms with Gasteiger partial charge in [-0.2, -0.15) is 0 Å². The molecule has 0 fully saturated rings. The highest BCUT2D eigenvalue weighted by Gasteiger charge is 2.17. The molecule has 0 spiro atoms. The van der Waals surface area contributed by atoms with Crippen molar-refractivity contribution >= 4 is 9.84 Å². The molecule has 0 saturated heterocycles. The molecule has 0 aliphatic rings. The number of benzene rings is 1. The van der Waals surface area contributed by atoms with Crippen LogP contribution in [0.25, 0.3) is 0 Å². The van der Waals surface area contributed by atoms with E-state index in [1.165, 1.54) is 0 Å². The predicted octanol–water partition coefficient (Wildman–Crippen LogP) is 1.74. The van der Waals surface area contributed by atoms with Crippen molar-refractivity contribution in [2.75, 3.05) is 11.5 Å². The third-order valence-electron chi connectivity index (χ3n) is 2.71. The minimum absolute atomic E-state index is 0.0216. The van der Waals surface area contributed by atoms with Crippen LogP contribution in [-0.4, -0.2) is 19.9 Å². The van der Waals surface area contributed by atoms with Crippen LogP contribution in [0.3, 0.4) is 0 Å². The quantitative estimate of drug-likeness (QED) is 0.873. The second-order valence-corrected chi connectivity index (χ2v) is 6.56. The fourth-order valence-corrected chi connectivity index (χ4v) is 2.60. The van der Waals surface area contributed by atoms with Gasteiger partial charge in [0.25, 0.3) is 0 Å². The first-order valence-electron chi connectivity index (χ1n) is 5.39. The second-order valence-electron chi connectivity index (χ2n) is 4.17. The standard InChI is InChI=1S/C12H19NO2S/c1-4-16(14,15)8-12(13)11-7-9(2)5-6-10(11)3/h5-7,12H,4,8,13H2,1-3H3. The minimum Gasteiger partial charge on any atom is -0.323 e. The topological polar surface area (TPSA) is 60.2 Å². The van der Waals surface area contributed by atoms with Gasteiger partial charge in [-0.15, -0.1) is 0 Å². The molecule has 0 aromatic heterocycles. The van der Waals surface area contributed by atoms with Gasteiger partial charge in [0.05, 0.1) is 5.75 Å². The predicted molar refractivity (Wildman–Crippen MR) is 67.2 cm³/mol. The maximum atomic E-state index is 11.5. The van der Waals surface area contributed by atoms with E-state index in [1.54, 1.807) is 6.92 Å². The largest absolute Gasteiger partial charge is 0.323 e. The zero-order valence-corrected chi connectivity index (χ0v) is 10.8. The first kappa shape index (κ1) is 13.2. The fraction of sp³-hybridized carbons (Fsp3) is 0.500. The molecular weight excluding hydrogens is 222 g/mol. The van der Waals surface area contributed by atoms with Crippen LogP contribution in [-0.2, 0) is 9.84 Å². The van der Waals surface area contributed by atoms with Crippen molar-refractivity contribution in [1.82, 2.24) is 0 Å². The van der Waals surface area contributed by atoms with Crippen LogP contribution in [0.1, 0.15) is 29.7 Å². The van der Waals surface area contributed by atoms with Gasteiger partial charge >= 0.3 is 0 Å². The molecule has 1 unspecified atom stereocenters. The maximum Gasteiger partial charge on any atom is 0.151 e. The van der Waals surface area contributed by atoms with Crippen LogP contribution >= 0.6 is 0 Å². The van der Waals surface area contributed by atoms with Gasteiger partial charge in [0, 0.05) is 11.8 Å². The third-order valence-corrected chi connectivity index (χ3v) is 4.45. The van der Waals surface area contributed by atoms with Crippen LogP contribution in [0, 0.1) is 13.8 Å². The molecule has 0 amide bonds. The van der Waals surface area contributed by atoms with Crippen molar-refractivity contribution < 1.29 is 8.42 Å². The Morgan fingerprint density at radius 3 is 2.50 bits per heavy atom. The summed E-state index contributed by atoms with van der Waals surface area (Å²) in [6, 6.07) is 5.51. The first-order valence-corrected chi connectivity index (χ1v) is 7.21. The highest BCUT2D eigenvalue weighted by Crippen LogP contribution is 2.19. The van der Waals surface area contributed by atoms with Crippen molar-refractivity contribution in [3.05, 3.63) is 34.9 Å². The highest BCUT2D eigenvalue weighted by atomic mass is 32.2. The van der Waals surface area contributed by atoms with E-state index in [4.69, 9.17) is 5.73 Å². The summed E-state index contributed by atoms with van der Waals surface area (Å²) in [6.07, 6.45) is 0. The molecule has 0 aliphatic carbocycles. The summed E-state index contributed by atoms with van der Waals surface area (Å²) in [5.41, 5.74) is 9.02. The van der Waals surface area contributed by atoms with Crippen LogP contribution < -0.4 is 5.73 Å². The maximum absolute atomic E-state index is 11.5. The average molecular weight is 241 g/mol. The number of hydrogen-bond acceptors (Lipinski definition) is 3. The van der Waals surface area contributed by atoms with E-state index in [2.05, 4.69) is 0 Å². The lowest BCUT2D eigenvalue weighted by atomic mass is 10.0. The molecule has 1 atom stereocenters. The zero-order chi connectivity index (χ0) is 12.3. The lowest BCUT2D eigenvalue weighted by Crippen LogP contribution is -2.23. The monoisotopic (exact) mass is 241 g/mol. The molecule has 3 nitrogen and oxygen atoms in total. The van der Waals surface area contributed by atoms with Gasteiger partial charge in [-0.05, 0) is 25.0 Å². The molecule has 0 saturated carbocycles. The Hall–Kier alpha value is -0.870. The van der Waals surface area contributed by atoms with Gasteiger partial charge in [0.1, 0.15) is 0 Å². The van der Waals surface area contributed by atoms with Crippen LogP contribution in [0.5, 0.6) is 0 Å². The van der Waals surface area contributed by atoms with Crippen LogP contribution in [0.15, 0.2) is 18.2 Å².